The summed E-state index contributed by atoms with van der Waals surface area (Å²) < 4.78 is 39.7. The number of nitrogens with one attached hydrogen (secondary N) is 1. The molecule has 1 saturated heterocycles. The second kappa shape index (κ2) is 9.17. The van der Waals surface area contributed by atoms with Crippen molar-refractivity contribution in [2.75, 3.05) is 25.0 Å². The molecule has 1 aromatic heterocycles. The fourth-order valence-electron chi connectivity index (χ4n) is 3.79. The van der Waals surface area contributed by atoms with Crippen LogP contribution >= 0.6 is 0 Å². The highest BCUT2D eigenvalue weighted by molar-refractivity contribution is 7.89. The molecule has 0 aliphatic carbocycles. The highest BCUT2D eigenvalue weighted by Gasteiger charge is 2.30. The molecule has 1 fully saturated rings. The summed E-state index contributed by atoms with van der Waals surface area (Å²) in [7, 11) is -3.73. The van der Waals surface area contributed by atoms with Crippen molar-refractivity contribution < 1.29 is 22.4 Å². The largest absolute Gasteiger partial charge is 0.492 e. The van der Waals surface area contributed by atoms with Crippen LogP contribution in [0.5, 0.6) is 5.75 Å². The molecule has 0 unspecified atom stereocenters. The van der Waals surface area contributed by atoms with E-state index >= 15 is 0 Å². The van der Waals surface area contributed by atoms with Crippen molar-refractivity contribution in [1.82, 2.24) is 8.87 Å². The number of fused-ring (bicyclic) bond motifs is 1. The van der Waals surface area contributed by atoms with Gasteiger partial charge < -0.3 is 14.5 Å². The Balaban J connectivity index is 1.51. The third-order valence-electron chi connectivity index (χ3n) is 5.35. The van der Waals surface area contributed by atoms with Crippen LogP contribution in [0.25, 0.3) is 11.1 Å². The Kier molecular flexibility index (Phi) is 6.33. The van der Waals surface area contributed by atoms with Gasteiger partial charge in [0.1, 0.15) is 10.6 Å². The van der Waals surface area contributed by atoms with Gasteiger partial charge in [-0.05, 0) is 50.1 Å². The molecule has 0 saturated carbocycles. The highest BCUT2D eigenvalue weighted by Crippen LogP contribution is 2.31. The summed E-state index contributed by atoms with van der Waals surface area (Å²) in [5, 5.41) is 2.72. The maximum atomic E-state index is 13.1. The number of para-hydroxylation sites is 2. The van der Waals surface area contributed by atoms with Gasteiger partial charge in [-0.25, -0.2) is 13.2 Å². The van der Waals surface area contributed by atoms with Crippen molar-refractivity contribution in [2.45, 2.75) is 37.6 Å². The van der Waals surface area contributed by atoms with Crippen LogP contribution in [-0.4, -0.2) is 42.9 Å². The SMILES string of the molecule is CCOc1ccc(NC(=O)CCn2c(=O)oc3ccccc32)cc1S(=O)(=O)N1CCCC1. The molecule has 1 aliphatic heterocycles. The summed E-state index contributed by atoms with van der Waals surface area (Å²) in [6, 6.07) is 11.6. The van der Waals surface area contributed by atoms with Gasteiger partial charge in [-0.2, -0.15) is 4.31 Å². The Bertz CT molecular complexity index is 1290. The molecule has 9 nitrogen and oxygen atoms in total. The highest BCUT2D eigenvalue weighted by atomic mass is 32.2. The van der Waals surface area contributed by atoms with E-state index in [1.807, 2.05) is 0 Å². The second-order valence-corrected chi connectivity index (χ2v) is 9.40. The van der Waals surface area contributed by atoms with Crippen LogP contribution < -0.4 is 15.8 Å². The van der Waals surface area contributed by atoms with E-state index in [9.17, 15) is 18.0 Å². The Labute approximate surface area is 185 Å². The Morgan fingerprint density at radius 3 is 2.66 bits per heavy atom. The minimum atomic E-state index is -3.73. The molecule has 10 heteroatoms. The number of aromatic nitrogens is 1. The van der Waals surface area contributed by atoms with Gasteiger partial charge in [0.05, 0.1) is 12.1 Å². The standard InChI is InChI=1S/C22H25N3O6S/c1-2-30-19-10-9-16(15-20(19)32(28,29)24-12-5-6-13-24)23-21(26)11-14-25-17-7-3-4-8-18(17)31-22(25)27/h3-4,7-10,15H,2,5-6,11-14H2,1H3,(H,23,26). The molecular formula is C22H25N3O6S. The van der Waals surface area contributed by atoms with E-state index in [-0.39, 0.29) is 29.5 Å². The van der Waals surface area contributed by atoms with Crippen molar-refractivity contribution in [1.29, 1.82) is 0 Å². The molecule has 2 heterocycles. The molecule has 4 rings (SSSR count). The number of carbonyl (C=O) groups is 1. The zero-order valence-corrected chi connectivity index (χ0v) is 18.6. The molecule has 1 aliphatic rings. The van der Waals surface area contributed by atoms with Crippen LogP contribution in [0.3, 0.4) is 0 Å². The van der Waals surface area contributed by atoms with Crippen LogP contribution in [-0.2, 0) is 21.4 Å². The molecule has 3 aromatic rings. The molecular weight excluding hydrogens is 434 g/mol. The first kappa shape index (κ1) is 22.1. The number of anilines is 1. The van der Waals surface area contributed by atoms with Crippen LogP contribution in [0.2, 0.25) is 0 Å². The number of benzene rings is 2. The van der Waals surface area contributed by atoms with Crippen molar-refractivity contribution in [2.24, 2.45) is 0 Å². The number of amides is 1. The topological polar surface area (TPSA) is 111 Å². The lowest BCUT2D eigenvalue weighted by molar-refractivity contribution is -0.116. The fraction of sp³-hybridized carbons (Fsp3) is 0.364. The van der Waals surface area contributed by atoms with Gasteiger partial charge in [0.2, 0.25) is 15.9 Å². The van der Waals surface area contributed by atoms with Crippen molar-refractivity contribution in [3.63, 3.8) is 0 Å². The molecule has 1 N–H and O–H groups in total. The zero-order valence-electron chi connectivity index (χ0n) is 17.7. The third-order valence-corrected chi connectivity index (χ3v) is 7.27. The zero-order chi connectivity index (χ0) is 22.7. The number of hydrogen-bond acceptors (Lipinski definition) is 6. The maximum Gasteiger partial charge on any atom is 0.419 e. The van der Waals surface area contributed by atoms with Crippen molar-refractivity contribution in [3.8, 4) is 5.75 Å². The van der Waals surface area contributed by atoms with E-state index < -0.39 is 15.8 Å². The second-order valence-electron chi connectivity index (χ2n) is 7.49. The van der Waals surface area contributed by atoms with Gasteiger partial charge in [0.25, 0.3) is 0 Å². The third kappa shape index (κ3) is 4.42. The van der Waals surface area contributed by atoms with Crippen LogP contribution in [0.4, 0.5) is 5.69 Å². The Hall–Kier alpha value is -3.11. The quantitative estimate of drug-likeness (QED) is 0.555. The summed E-state index contributed by atoms with van der Waals surface area (Å²) in [6.45, 7) is 3.18. The molecule has 170 valence electrons. The number of carbonyl (C=O) groups excluding carboxylic acids is 1. The average molecular weight is 460 g/mol. The summed E-state index contributed by atoms with van der Waals surface area (Å²) in [5.41, 5.74) is 1.42. The number of ether oxygens (including phenoxy) is 1. The number of rotatable bonds is 8. The lowest BCUT2D eigenvalue weighted by atomic mass is 10.2. The van der Waals surface area contributed by atoms with Crippen LogP contribution in [0, 0.1) is 0 Å². The Morgan fingerprint density at radius 2 is 1.91 bits per heavy atom. The summed E-state index contributed by atoms with van der Waals surface area (Å²) in [6.07, 6.45) is 1.66. The lowest BCUT2D eigenvalue weighted by Gasteiger charge is -2.19. The first-order valence-electron chi connectivity index (χ1n) is 10.6. The predicted molar refractivity (Wildman–Crippen MR) is 119 cm³/mol. The average Bonchev–Trinajstić information content (AvgIpc) is 3.41. The van der Waals surface area contributed by atoms with Gasteiger partial charge in [0, 0.05) is 31.7 Å². The molecule has 0 bridgehead atoms. The molecule has 2 aromatic carbocycles. The first-order chi connectivity index (χ1) is 15.4. The van der Waals surface area contributed by atoms with E-state index in [0.717, 1.165) is 12.8 Å². The van der Waals surface area contributed by atoms with Gasteiger partial charge in [-0.3, -0.25) is 9.36 Å². The number of aryl methyl sites for hydroxylation is 1. The summed E-state index contributed by atoms with van der Waals surface area (Å²) in [4.78, 5) is 24.6. The normalized spacial score (nSPS) is 14.7. The summed E-state index contributed by atoms with van der Waals surface area (Å²) >= 11 is 0. The lowest BCUT2D eigenvalue weighted by Crippen LogP contribution is -2.28. The number of sulfonamides is 1. The first-order valence-corrected chi connectivity index (χ1v) is 12.0. The Morgan fingerprint density at radius 1 is 1.16 bits per heavy atom. The van der Waals surface area contributed by atoms with Gasteiger partial charge >= 0.3 is 5.76 Å². The van der Waals surface area contributed by atoms with E-state index in [2.05, 4.69) is 5.32 Å². The smallest absolute Gasteiger partial charge is 0.419 e. The molecule has 0 spiro atoms. The van der Waals surface area contributed by atoms with Crippen molar-refractivity contribution >= 4 is 32.7 Å². The molecule has 32 heavy (non-hydrogen) atoms. The van der Waals surface area contributed by atoms with E-state index in [1.165, 1.54) is 14.9 Å². The minimum absolute atomic E-state index is 0.0187. The van der Waals surface area contributed by atoms with Crippen LogP contribution in [0.15, 0.2) is 56.6 Å². The number of nitrogens with zero attached hydrogens (tertiary/aromatic N) is 2. The van der Waals surface area contributed by atoms with E-state index in [4.69, 9.17) is 9.15 Å². The summed E-state index contributed by atoms with van der Waals surface area (Å²) in [5.74, 6) is -0.622. The predicted octanol–water partition coefficient (Wildman–Crippen LogP) is 2.81. The van der Waals surface area contributed by atoms with Gasteiger partial charge in [0.15, 0.2) is 5.58 Å². The monoisotopic (exact) mass is 459 g/mol. The number of oxazole rings is 1. The van der Waals surface area contributed by atoms with Gasteiger partial charge in [-0.1, -0.05) is 12.1 Å². The van der Waals surface area contributed by atoms with Gasteiger partial charge in [-0.15, -0.1) is 0 Å². The molecule has 1 amide bonds. The van der Waals surface area contributed by atoms with E-state index in [1.54, 1.807) is 43.3 Å². The van der Waals surface area contributed by atoms with E-state index in [0.29, 0.717) is 36.5 Å². The molecule has 0 atom stereocenters. The molecule has 0 radical (unpaired) electrons. The van der Waals surface area contributed by atoms with Crippen LogP contribution in [0.1, 0.15) is 26.2 Å². The van der Waals surface area contributed by atoms with Crippen molar-refractivity contribution in [3.05, 3.63) is 53.0 Å². The number of hydrogen-bond donors (Lipinski definition) is 1. The maximum absolute atomic E-state index is 13.1. The minimum Gasteiger partial charge on any atom is -0.492 e. The fourth-order valence-corrected chi connectivity index (χ4v) is 5.47.